The van der Waals surface area contributed by atoms with Crippen molar-refractivity contribution in [1.82, 2.24) is 5.32 Å². The van der Waals surface area contributed by atoms with E-state index in [4.69, 9.17) is 5.11 Å². The number of amides is 1. The Bertz CT molecular complexity index is 784. The third-order valence-corrected chi connectivity index (χ3v) is 3.53. The Labute approximate surface area is 136 Å². The Morgan fingerprint density at radius 2 is 2.08 bits per heavy atom. The first-order valence-corrected chi connectivity index (χ1v) is 6.95. The van der Waals surface area contributed by atoms with E-state index in [1.54, 1.807) is 0 Å². The largest absolute Gasteiger partial charge is 0.392 e. The number of rotatable bonds is 6. The second kappa shape index (κ2) is 6.84. The maximum atomic E-state index is 14.4. The molecule has 1 aliphatic rings. The molecule has 1 aromatic carbocycles. The summed E-state index contributed by atoms with van der Waals surface area (Å²) >= 11 is 0. The van der Waals surface area contributed by atoms with E-state index in [1.165, 1.54) is 31.3 Å². The van der Waals surface area contributed by atoms with E-state index in [2.05, 4.69) is 17.0 Å². The molecule has 0 saturated heterocycles. The standard InChI is InChI=1S/C17H15F3N2O2/c1-10(24)22-17(12-4-6-14(18)15(19)7-12)13(16(17)20)5-3-11(9-23)8-21-2/h3-8,23H,2,9H2,1H3,(H,22,24)/b5-3-,11-8+. The van der Waals surface area contributed by atoms with E-state index in [9.17, 15) is 18.0 Å². The lowest BCUT2D eigenvalue weighted by atomic mass is 9.98. The average Bonchev–Trinajstić information content (AvgIpc) is 3.09. The Hall–Kier alpha value is -2.67. The van der Waals surface area contributed by atoms with Crippen LogP contribution in [0.5, 0.6) is 0 Å². The second-order valence-electron chi connectivity index (χ2n) is 5.17. The van der Waals surface area contributed by atoms with Gasteiger partial charge in [-0.1, -0.05) is 18.2 Å². The van der Waals surface area contributed by atoms with Crippen molar-refractivity contribution in [2.24, 2.45) is 4.99 Å². The molecule has 2 N–H and O–H groups in total. The van der Waals surface area contributed by atoms with Gasteiger partial charge < -0.3 is 10.4 Å². The summed E-state index contributed by atoms with van der Waals surface area (Å²) in [5.41, 5.74) is -1.13. The normalized spacial score (nSPS) is 20.5. The molecule has 7 heteroatoms. The number of hydrogen-bond acceptors (Lipinski definition) is 3. The van der Waals surface area contributed by atoms with Crippen LogP contribution < -0.4 is 5.32 Å². The number of nitrogens with one attached hydrogen (secondary N) is 1. The Kier molecular flexibility index (Phi) is 5.04. The van der Waals surface area contributed by atoms with Gasteiger partial charge in [0.25, 0.3) is 0 Å². The first-order chi connectivity index (χ1) is 11.4. The minimum atomic E-state index is -1.63. The Morgan fingerprint density at radius 3 is 2.62 bits per heavy atom. The number of hydrogen-bond donors (Lipinski definition) is 2. The summed E-state index contributed by atoms with van der Waals surface area (Å²) in [7, 11) is 0. The summed E-state index contributed by atoms with van der Waals surface area (Å²) in [6, 6.07) is 2.89. The second-order valence-corrected chi connectivity index (χ2v) is 5.17. The molecule has 1 unspecified atom stereocenters. The summed E-state index contributed by atoms with van der Waals surface area (Å²) in [5.74, 6) is -3.45. The molecule has 0 fully saturated rings. The molecule has 126 valence electrons. The van der Waals surface area contributed by atoms with Crippen molar-refractivity contribution < 1.29 is 23.1 Å². The molecular weight excluding hydrogens is 321 g/mol. The maximum absolute atomic E-state index is 14.4. The lowest BCUT2D eigenvalue weighted by Gasteiger charge is -2.19. The molecule has 0 spiro atoms. The van der Waals surface area contributed by atoms with Gasteiger partial charge in [-0.3, -0.25) is 9.79 Å². The highest BCUT2D eigenvalue weighted by atomic mass is 19.2. The van der Waals surface area contributed by atoms with Crippen molar-refractivity contribution in [3.05, 3.63) is 70.7 Å². The van der Waals surface area contributed by atoms with Gasteiger partial charge in [-0.25, -0.2) is 13.2 Å². The number of carbonyl (C=O) groups excluding carboxylic acids is 1. The lowest BCUT2D eigenvalue weighted by Crippen LogP contribution is -2.37. The van der Waals surface area contributed by atoms with E-state index in [0.29, 0.717) is 5.57 Å². The highest BCUT2D eigenvalue weighted by Crippen LogP contribution is 2.54. The first-order valence-electron chi connectivity index (χ1n) is 6.95. The van der Waals surface area contributed by atoms with E-state index in [1.807, 2.05) is 0 Å². The van der Waals surface area contributed by atoms with E-state index >= 15 is 0 Å². The van der Waals surface area contributed by atoms with Crippen LogP contribution in [0.1, 0.15) is 12.5 Å². The van der Waals surface area contributed by atoms with Crippen LogP contribution in [-0.2, 0) is 10.3 Å². The summed E-state index contributed by atoms with van der Waals surface area (Å²) < 4.78 is 41.0. The van der Waals surface area contributed by atoms with Gasteiger partial charge in [0.1, 0.15) is 11.4 Å². The molecule has 0 radical (unpaired) electrons. The Balaban J connectivity index is 2.40. The molecule has 0 heterocycles. The smallest absolute Gasteiger partial charge is 0.218 e. The molecule has 0 aliphatic heterocycles. The van der Waals surface area contributed by atoms with Crippen LogP contribution in [0.2, 0.25) is 0 Å². The van der Waals surface area contributed by atoms with Gasteiger partial charge in [0.15, 0.2) is 11.6 Å². The fourth-order valence-corrected chi connectivity index (χ4v) is 2.38. The molecule has 0 saturated carbocycles. The third kappa shape index (κ3) is 3.16. The van der Waals surface area contributed by atoms with Crippen molar-refractivity contribution in [1.29, 1.82) is 0 Å². The molecular formula is C17H15F3N2O2. The van der Waals surface area contributed by atoms with Gasteiger partial charge in [0.2, 0.25) is 5.91 Å². The van der Waals surface area contributed by atoms with Crippen molar-refractivity contribution in [2.75, 3.05) is 6.61 Å². The molecule has 2 rings (SSSR count). The molecule has 4 nitrogen and oxygen atoms in total. The zero-order valence-corrected chi connectivity index (χ0v) is 12.8. The van der Waals surface area contributed by atoms with E-state index in [-0.39, 0.29) is 17.7 Å². The number of benzene rings is 1. The molecule has 24 heavy (non-hydrogen) atoms. The van der Waals surface area contributed by atoms with Crippen LogP contribution in [0, 0.1) is 11.6 Å². The van der Waals surface area contributed by atoms with Crippen LogP contribution in [-0.4, -0.2) is 24.3 Å². The predicted molar refractivity (Wildman–Crippen MR) is 83.8 cm³/mol. The fourth-order valence-electron chi connectivity index (χ4n) is 2.38. The average molecular weight is 336 g/mol. The number of aliphatic hydroxyl groups is 1. The molecule has 1 amide bonds. The summed E-state index contributed by atoms with van der Waals surface area (Å²) in [6.45, 7) is 4.09. The van der Waals surface area contributed by atoms with Crippen LogP contribution in [0.4, 0.5) is 13.2 Å². The van der Waals surface area contributed by atoms with Crippen molar-refractivity contribution in [2.45, 2.75) is 12.5 Å². The van der Waals surface area contributed by atoms with Crippen molar-refractivity contribution in [3.63, 3.8) is 0 Å². The van der Waals surface area contributed by atoms with E-state index < -0.39 is 28.9 Å². The minimum Gasteiger partial charge on any atom is -0.392 e. The highest BCUT2D eigenvalue weighted by Gasteiger charge is 2.56. The third-order valence-electron chi connectivity index (χ3n) is 3.53. The molecule has 0 bridgehead atoms. The molecule has 0 aromatic heterocycles. The maximum Gasteiger partial charge on any atom is 0.218 e. The van der Waals surface area contributed by atoms with Crippen molar-refractivity contribution >= 4 is 12.6 Å². The summed E-state index contributed by atoms with van der Waals surface area (Å²) in [4.78, 5) is 14.9. The van der Waals surface area contributed by atoms with Crippen LogP contribution in [0.25, 0.3) is 0 Å². The zero-order chi connectivity index (χ0) is 17.9. The number of aliphatic imine (C=N–C) groups is 1. The molecule has 1 aromatic rings. The van der Waals surface area contributed by atoms with E-state index in [0.717, 1.165) is 12.1 Å². The molecule has 1 aliphatic carbocycles. The van der Waals surface area contributed by atoms with Gasteiger partial charge in [0, 0.05) is 18.7 Å². The number of nitrogens with zero attached hydrogens (tertiary/aromatic N) is 1. The Morgan fingerprint density at radius 1 is 1.38 bits per heavy atom. The van der Waals surface area contributed by atoms with Gasteiger partial charge >= 0.3 is 0 Å². The number of carbonyl (C=O) groups is 1. The van der Waals surface area contributed by atoms with Gasteiger partial charge in [0.05, 0.1) is 6.61 Å². The quantitative estimate of drug-likeness (QED) is 0.620. The lowest BCUT2D eigenvalue weighted by molar-refractivity contribution is -0.119. The van der Waals surface area contributed by atoms with Gasteiger partial charge in [-0.15, -0.1) is 0 Å². The topological polar surface area (TPSA) is 61.7 Å². The predicted octanol–water partition coefficient (Wildman–Crippen LogP) is 2.67. The number of halogens is 3. The number of aliphatic hydroxyl groups excluding tert-OH is 1. The summed E-state index contributed by atoms with van der Waals surface area (Å²) in [6.07, 6.45) is 4.02. The minimum absolute atomic E-state index is 0.0603. The van der Waals surface area contributed by atoms with Gasteiger partial charge in [-0.05, 0) is 30.0 Å². The first kappa shape index (κ1) is 17.7. The fraction of sp³-hybridized carbons (Fsp3) is 0.176. The van der Waals surface area contributed by atoms with Gasteiger partial charge in [-0.2, -0.15) is 0 Å². The molecule has 1 atom stereocenters. The van der Waals surface area contributed by atoms with Crippen LogP contribution in [0.15, 0.2) is 58.5 Å². The summed E-state index contributed by atoms with van der Waals surface area (Å²) in [5, 5.41) is 11.6. The SMILES string of the molecule is C=N/C=C(\C=C/C1=C(F)C1(NC(C)=O)c1ccc(F)c(F)c1)CO. The van der Waals surface area contributed by atoms with Crippen molar-refractivity contribution in [3.8, 4) is 0 Å². The monoisotopic (exact) mass is 336 g/mol. The van der Waals surface area contributed by atoms with Crippen LogP contribution in [0.3, 0.4) is 0 Å². The zero-order valence-electron chi connectivity index (χ0n) is 12.8. The van der Waals surface area contributed by atoms with Crippen LogP contribution >= 0.6 is 0 Å². The highest BCUT2D eigenvalue weighted by molar-refractivity contribution is 5.80.